The van der Waals surface area contributed by atoms with Gasteiger partial charge < -0.3 is 10.4 Å². The molecule has 0 spiro atoms. The first kappa shape index (κ1) is 17.4. The summed E-state index contributed by atoms with van der Waals surface area (Å²) in [6.07, 6.45) is 0.824. The van der Waals surface area contributed by atoms with Crippen molar-refractivity contribution in [2.24, 2.45) is 0 Å². The van der Waals surface area contributed by atoms with E-state index in [-0.39, 0.29) is 12.5 Å². The zero-order valence-corrected chi connectivity index (χ0v) is 13.6. The number of rotatable bonds is 10. The minimum Gasteiger partial charge on any atom is -0.396 e. The topological polar surface area (TPSA) is 49.3 Å². The van der Waals surface area contributed by atoms with Crippen LogP contribution in [0.3, 0.4) is 0 Å². The van der Waals surface area contributed by atoms with E-state index in [2.05, 4.69) is 36.5 Å². The second kappa shape index (κ2) is 11.1. The van der Waals surface area contributed by atoms with Crippen LogP contribution >= 0.6 is 23.5 Å². The van der Waals surface area contributed by atoms with Gasteiger partial charge in [-0.1, -0.05) is 29.8 Å². The molecule has 1 aromatic carbocycles. The Morgan fingerprint density at radius 1 is 1.30 bits per heavy atom. The highest BCUT2D eigenvalue weighted by Crippen LogP contribution is 2.13. The Labute approximate surface area is 129 Å². The summed E-state index contributed by atoms with van der Waals surface area (Å²) in [6.45, 7) is 3.03. The van der Waals surface area contributed by atoms with Crippen LogP contribution < -0.4 is 5.32 Å². The molecular weight excluding hydrogens is 290 g/mol. The third-order valence-corrected chi connectivity index (χ3v) is 4.67. The number of thioether (sulfide) groups is 2. The lowest BCUT2D eigenvalue weighted by atomic mass is 10.2. The van der Waals surface area contributed by atoms with E-state index in [1.165, 1.54) is 11.1 Å². The van der Waals surface area contributed by atoms with Crippen LogP contribution in [0, 0.1) is 6.92 Å². The summed E-state index contributed by atoms with van der Waals surface area (Å²) >= 11 is 3.40. The summed E-state index contributed by atoms with van der Waals surface area (Å²) in [5.74, 6) is 3.35. The Kier molecular flexibility index (Phi) is 9.62. The van der Waals surface area contributed by atoms with E-state index in [1.54, 1.807) is 23.5 Å². The zero-order chi connectivity index (χ0) is 14.6. The van der Waals surface area contributed by atoms with E-state index >= 15 is 0 Å². The highest BCUT2D eigenvalue weighted by atomic mass is 32.2. The van der Waals surface area contributed by atoms with E-state index in [0.717, 1.165) is 23.7 Å². The van der Waals surface area contributed by atoms with Crippen LogP contribution in [0.5, 0.6) is 0 Å². The molecule has 0 atom stereocenters. The van der Waals surface area contributed by atoms with Gasteiger partial charge in [0.2, 0.25) is 5.91 Å². The Balaban J connectivity index is 2.03. The fourth-order valence-electron chi connectivity index (χ4n) is 1.65. The lowest BCUT2D eigenvalue weighted by Gasteiger charge is -2.05. The Bertz CT molecular complexity index is 399. The van der Waals surface area contributed by atoms with Crippen molar-refractivity contribution in [3.63, 3.8) is 0 Å². The fraction of sp³-hybridized carbons (Fsp3) is 0.533. The molecule has 0 aliphatic carbocycles. The third kappa shape index (κ3) is 8.51. The number of aliphatic hydroxyl groups is 1. The third-order valence-electron chi connectivity index (χ3n) is 2.60. The van der Waals surface area contributed by atoms with E-state index in [9.17, 15) is 4.79 Å². The molecule has 1 aromatic rings. The van der Waals surface area contributed by atoms with Crippen LogP contribution in [-0.4, -0.2) is 41.4 Å². The zero-order valence-electron chi connectivity index (χ0n) is 11.9. The molecule has 1 amide bonds. The van der Waals surface area contributed by atoms with Crippen LogP contribution in [0.2, 0.25) is 0 Å². The molecule has 112 valence electrons. The first-order valence-corrected chi connectivity index (χ1v) is 9.12. The average molecular weight is 313 g/mol. The standard InChI is InChI=1S/C15H23NO2S2/c1-13-4-2-5-14(10-13)11-20-12-15(18)16-6-9-19-8-3-7-17/h2,4-5,10,17H,3,6-9,11-12H2,1H3,(H,16,18). The van der Waals surface area contributed by atoms with Gasteiger partial charge in [-0.3, -0.25) is 4.79 Å². The second-order valence-corrected chi connectivity index (χ2v) is 6.73. The molecule has 0 heterocycles. The number of hydrogen-bond donors (Lipinski definition) is 2. The van der Waals surface area contributed by atoms with E-state index in [1.807, 2.05) is 0 Å². The normalized spacial score (nSPS) is 10.5. The van der Waals surface area contributed by atoms with Crippen LogP contribution in [0.1, 0.15) is 17.5 Å². The first-order chi connectivity index (χ1) is 9.72. The smallest absolute Gasteiger partial charge is 0.230 e. The number of amides is 1. The van der Waals surface area contributed by atoms with Crippen LogP contribution in [0.15, 0.2) is 24.3 Å². The molecule has 0 saturated heterocycles. The monoisotopic (exact) mass is 313 g/mol. The molecule has 0 radical (unpaired) electrons. The van der Waals surface area contributed by atoms with Gasteiger partial charge in [0.25, 0.3) is 0 Å². The highest BCUT2D eigenvalue weighted by Gasteiger charge is 2.01. The maximum atomic E-state index is 11.6. The summed E-state index contributed by atoms with van der Waals surface area (Å²) in [5.41, 5.74) is 2.52. The van der Waals surface area contributed by atoms with Gasteiger partial charge in [-0.25, -0.2) is 0 Å². The Morgan fingerprint density at radius 2 is 2.15 bits per heavy atom. The quantitative estimate of drug-likeness (QED) is 0.652. The van der Waals surface area contributed by atoms with E-state index < -0.39 is 0 Å². The second-order valence-electron chi connectivity index (χ2n) is 4.52. The van der Waals surface area contributed by atoms with Gasteiger partial charge in [-0.2, -0.15) is 11.8 Å². The molecule has 0 saturated carbocycles. The van der Waals surface area contributed by atoms with Crippen molar-refractivity contribution in [2.45, 2.75) is 19.1 Å². The maximum Gasteiger partial charge on any atom is 0.230 e. The Morgan fingerprint density at radius 3 is 2.90 bits per heavy atom. The predicted molar refractivity (Wildman–Crippen MR) is 89.4 cm³/mol. The van der Waals surface area contributed by atoms with Crippen LogP contribution in [-0.2, 0) is 10.5 Å². The summed E-state index contributed by atoms with van der Waals surface area (Å²) in [5, 5.41) is 11.5. The molecule has 0 aliphatic heterocycles. The predicted octanol–water partition coefficient (Wildman–Crippen LogP) is 2.46. The molecule has 2 N–H and O–H groups in total. The molecule has 3 nitrogen and oxygen atoms in total. The van der Waals surface area contributed by atoms with Crippen molar-refractivity contribution in [1.29, 1.82) is 0 Å². The maximum absolute atomic E-state index is 11.6. The van der Waals surface area contributed by atoms with Gasteiger partial charge in [0.1, 0.15) is 0 Å². The molecule has 0 aliphatic rings. The summed E-state index contributed by atoms with van der Waals surface area (Å²) in [6, 6.07) is 8.38. The lowest BCUT2D eigenvalue weighted by Crippen LogP contribution is -2.27. The molecule has 0 fully saturated rings. The molecule has 0 unspecified atom stereocenters. The van der Waals surface area contributed by atoms with Crippen molar-refractivity contribution in [1.82, 2.24) is 5.32 Å². The summed E-state index contributed by atoms with van der Waals surface area (Å²) in [4.78, 5) is 11.6. The van der Waals surface area contributed by atoms with Crippen LogP contribution in [0.4, 0.5) is 0 Å². The SMILES string of the molecule is Cc1cccc(CSCC(=O)NCCSCCCO)c1. The van der Waals surface area contributed by atoms with Gasteiger partial charge >= 0.3 is 0 Å². The van der Waals surface area contributed by atoms with Crippen molar-refractivity contribution in [2.75, 3.05) is 30.4 Å². The Hall–Kier alpha value is -0.650. The highest BCUT2D eigenvalue weighted by molar-refractivity contribution is 7.99. The van der Waals surface area contributed by atoms with Crippen molar-refractivity contribution in [3.8, 4) is 0 Å². The number of aliphatic hydroxyl groups excluding tert-OH is 1. The van der Waals surface area contributed by atoms with Gasteiger partial charge in [0, 0.05) is 24.7 Å². The number of hydrogen-bond acceptors (Lipinski definition) is 4. The van der Waals surface area contributed by atoms with Gasteiger partial charge in [-0.05, 0) is 24.7 Å². The molecule has 0 aromatic heterocycles. The largest absolute Gasteiger partial charge is 0.396 e. The van der Waals surface area contributed by atoms with Crippen molar-refractivity contribution < 1.29 is 9.90 Å². The summed E-state index contributed by atoms with van der Waals surface area (Å²) < 4.78 is 0. The number of carbonyl (C=O) groups is 1. The average Bonchev–Trinajstić information content (AvgIpc) is 2.43. The molecule has 5 heteroatoms. The molecular formula is C15H23NO2S2. The minimum atomic E-state index is 0.102. The van der Waals surface area contributed by atoms with Crippen LogP contribution in [0.25, 0.3) is 0 Å². The summed E-state index contributed by atoms with van der Waals surface area (Å²) in [7, 11) is 0. The number of benzene rings is 1. The minimum absolute atomic E-state index is 0.102. The number of aryl methyl sites for hydroxylation is 1. The van der Waals surface area contributed by atoms with Gasteiger partial charge in [-0.15, -0.1) is 11.8 Å². The lowest BCUT2D eigenvalue weighted by molar-refractivity contribution is -0.118. The number of nitrogens with one attached hydrogen (secondary N) is 1. The van der Waals surface area contributed by atoms with E-state index in [4.69, 9.17) is 5.11 Å². The molecule has 0 bridgehead atoms. The van der Waals surface area contributed by atoms with Gasteiger partial charge in [0.15, 0.2) is 0 Å². The fourth-order valence-corrected chi connectivity index (χ4v) is 3.23. The van der Waals surface area contributed by atoms with Gasteiger partial charge in [0.05, 0.1) is 5.75 Å². The van der Waals surface area contributed by atoms with Crippen molar-refractivity contribution >= 4 is 29.4 Å². The van der Waals surface area contributed by atoms with Crippen molar-refractivity contribution in [3.05, 3.63) is 35.4 Å². The first-order valence-electron chi connectivity index (χ1n) is 6.81. The molecule has 20 heavy (non-hydrogen) atoms. The molecule has 1 rings (SSSR count). The number of carbonyl (C=O) groups excluding carboxylic acids is 1. The van der Waals surface area contributed by atoms with E-state index in [0.29, 0.717) is 12.3 Å².